The summed E-state index contributed by atoms with van der Waals surface area (Å²) in [6.45, 7) is 2.75. The fourth-order valence-electron chi connectivity index (χ4n) is 1.53. The molecule has 0 bridgehead atoms. The number of benzene rings is 1. The van der Waals surface area contributed by atoms with Crippen LogP contribution in [-0.2, 0) is 4.74 Å². The number of ether oxygens (including phenoxy) is 2. The Morgan fingerprint density at radius 2 is 2.06 bits per heavy atom. The van der Waals surface area contributed by atoms with Crippen molar-refractivity contribution in [3.63, 3.8) is 0 Å². The van der Waals surface area contributed by atoms with Gasteiger partial charge in [-0.3, -0.25) is 5.43 Å². The number of hydrazine groups is 1. The van der Waals surface area contributed by atoms with Crippen LogP contribution in [0.25, 0.3) is 0 Å². The summed E-state index contributed by atoms with van der Waals surface area (Å²) >= 11 is 0. The van der Waals surface area contributed by atoms with Crippen LogP contribution in [0.5, 0.6) is 5.75 Å². The number of hydrogen-bond donors (Lipinski definition) is 1. The standard InChI is InChI=1S/C12H14N4O2/c13-10-14-12(15-16-6-8-17-9-7-16)18-11-4-2-1-3-5-11/h1-5H,6-9H2,(H,14,15). The van der Waals surface area contributed by atoms with Gasteiger partial charge in [-0.2, -0.15) is 5.26 Å². The van der Waals surface area contributed by atoms with Gasteiger partial charge in [-0.15, -0.1) is 4.99 Å². The van der Waals surface area contributed by atoms with Crippen LogP contribution >= 0.6 is 0 Å². The van der Waals surface area contributed by atoms with Crippen LogP contribution in [0.1, 0.15) is 0 Å². The van der Waals surface area contributed by atoms with Crippen molar-refractivity contribution < 1.29 is 9.47 Å². The minimum absolute atomic E-state index is 0.172. The monoisotopic (exact) mass is 246 g/mol. The van der Waals surface area contributed by atoms with Gasteiger partial charge in [0.2, 0.25) is 6.19 Å². The van der Waals surface area contributed by atoms with E-state index in [2.05, 4.69) is 10.4 Å². The number of nitrogens with one attached hydrogen (secondary N) is 1. The maximum absolute atomic E-state index is 8.64. The third-order valence-corrected chi connectivity index (χ3v) is 2.37. The molecule has 6 heteroatoms. The van der Waals surface area contributed by atoms with E-state index in [0.29, 0.717) is 19.0 Å². The third-order valence-electron chi connectivity index (χ3n) is 2.37. The summed E-state index contributed by atoms with van der Waals surface area (Å²) in [5.74, 6) is 0.632. The minimum Gasteiger partial charge on any atom is -0.424 e. The molecule has 1 aliphatic rings. The Labute approximate surface area is 105 Å². The van der Waals surface area contributed by atoms with E-state index in [0.717, 1.165) is 13.1 Å². The molecule has 6 nitrogen and oxygen atoms in total. The maximum Gasteiger partial charge on any atom is 0.320 e. The van der Waals surface area contributed by atoms with Crippen molar-refractivity contribution in [2.75, 3.05) is 26.3 Å². The number of morpholine rings is 1. The van der Waals surface area contributed by atoms with E-state index < -0.39 is 0 Å². The minimum atomic E-state index is 0.172. The summed E-state index contributed by atoms with van der Waals surface area (Å²) in [5.41, 5.74) is 2.96. The number of rotatable bonds is 2. The van der Waals surface area contributed by atoms with Gasteiger partial charge in [-0.1, -0.05) is 18.2 Å². The van der Waals surface area contributed by atoms with Gasteiger partial charge >= 0.3 is 6.02 Å². The Bertz CT molecular complexity index is 435. The molecule has 0 atom stereocenters. The molecule has 0 spiro atoms. The molecule has 1 N–H and O–H groups in total. The summed E-state index contributed by atoms with van der Waals surface area (Å²) in [6, 6.07) is 9.37. The molecular weight excluding hydrogens is 232 g/mol. The predicted octanol–water partition coefficient (Wildman–Crippen LogP) is 0.739. The second-order valence-corrected chi connectivity index (χ2v) is 3.64. The molecule has 0 aliphatic carbocycles. The molecule has 0 aromatic heterocycles. The molecule has 1 saturated heterocycles. The topological polar surface area (TPSA) is 69.9 Å². The smallest absolute Gasteiger partial charge is 0.320 e. The first-order valence-electron chi connectivity index (χ1n) is 5.67. The normalized spacial score (nSPS) is 16.9. The molecule has 1 heterocycles. The van der Waals surface area contributed by atoms with Gasteiger partial charge in [0.1, 0.15) is 5.75 Å². The number of para-hydroxylation sites is 1. The van der Waals surface area contributed by atoms with Crippen LogP contribution in [0.15, 0.2) is 35.3 Å². The van der Waals surface area contributed by atoms with Crippen molar-refractivity contribution in [3.8, 4) is 11.9 Å². The summed E-state index contributed by atoms with van der Waals surface area (Å²) in [5, 5.41) is 10.5. The number of nitriles is 1. The van der Waals surface area contributed by atoms with Gasteiger partial charge in [0.25, 0.3) is 0 Å². The van der Waals surface area contributed by atoms with E-state index in [4.69, 9.17) is 14.7 Å². The highest BCUT2D eigenvalue weighted by atomic mass is 16.5. The third kappa shape index (κ3) is 3.73. The first kappa shape index (κ1) is 12.4. The Hall–Kier alpha value is -2.10. The Balaban J connectivity index is 1.96. The molecule has 1 aliphatic heterocycles. The molecule has 1 fully saturated rings. The first-order valence-corrected chi connectivity index (χ1v) is 5.67. The lowest BCUT2D eigenvalue weighted by Crippen LogP contribution is -2.49. The molecular formula is C12H14N4O2. The zero-order chi connectivity index (χ0) is 12.6. The van der Waals surface area contributed by atoms with Crippen LogP contribution in [0.3, 0.4) is 0 Å². The fourth-order valence-corrected chi connectivity index (χ4v) is 1.53. The van der Waals surface area contributed by atoms with Crippen LogP contribution < -0.4 is 10.2 Å². The zero-order valence-electron chi connectivity index (χ0n) is 9.87. The summed E-state index contributed by atoms with van der Waals surface area (Å²) in [7, 11) is 0. The quantitative estimate of drug-likeness (QED) is 0.473. The number of hydrogen-bond acceptors (Lipinski definition) is 5. The van der Waals surface area contributed by atoms with E-state index in [1.165, 1.54) is 0 Å². The second kappa shape index (κ2) is 6.59. The lowest BCUT2D eigenvalue weighted by Gasteiger charge is -2.27. The first-order chi connectivity index (χ1) is 8.88. The van der Waals surface area contributed by atoms with Gasteiger partial charge in [0.05, 0.1) is 13.2 Å². The van der Waals surface area contributed by atoms with Crippen molar-refractivity contribution in [3.05, 3.63) is 30.3 Å². The fraction of sp³-hybridized carbons (Fsp3) is 0.333. The molecule has 1 aromatic rings. The molecule has 0 amide bonds. The Morgan fingerprint density at radius 1 is 1.33 bits per heavy atom. The molecule has 18 heavy (non-hydrogen) atoms. The summed E-state index contributed by atoms with van der Waals surface area (Å²) in [4.78, 5) is 3.62. The van der Waals surface area contributed by atoms with E-state index >= 15 is 0 Å². The predicted molar refractivity (Wildman–Crippen MR) is 65.6 cm³/mol. The van der Waals surface area contributed by atoms with Gasteiger partial charge in [0.15, 0.2) is 0 Å². The maximum atomic E-state index is 8.64. The van der Waals surface area contributed by atoms with Crippen LogP contribution in [-0.4, -0.2) is 37.3 Å². The highest BCUT2D eigenvalue weighted by Gasteiger charge is 2.13. The molecule has 94 valence electrons. The van der Waals surface area contributed by atoms with Gasteiger partial charge < -0.3 is 9.47 Å². The van der Waals surface area contributed by atoms with Gasteiger partial charge in [-0.05, 0) is 12.1 Å². The Kier molecular flexibility index (Phi) is 4.53. The van der Waals surface area contributed by atoms with E-state index in [1.807, 2.05) is 23.2 Å². The largest absolute Gasteiger partial charge is 0.424 e. The average Bonchev–Trinajstić information content (AvgIpc) is 2.41. The van der Waals surface area contributed by atoms with Crippen LogP contribution in [0.2, 0.25) is 0 Å². The molecule has 0 saturated carbocycles. The van der Waals surface area contributed by atoms with Crippen molar-refractivity contribution in [2.24, 2.45) is 4.99 Å². The average molecular weight is 246 g/mol. The zero-order valence-corrected chi connectivity index (χ0v) is 9.87. The highest BCUT2D eigenvalue weighted by Crippen LogP contribution is 2.08. The SMILES string of the molecule is N#CN=C(NN1CCOCC1)Oc1ccccc1. The van der Waals surface area contributed by atoms with Crippen molar-refractivity contribution in [1.82, 2.24) is 10.4 Å². The number of nitrogens with zero attached hydrogens (tertiary/aromatic N) is 3. The number of aliphatic imine (C=N–C) groups is 1. The van der Waals surface area contributed by atoms with E-state index in [-0.39, 0.29) is 6.02 Å². The van der Waals surface area contributed by atoms with Crippen molar-refractivity contribution >= 4 is 6.02 Å². The lowest BCUT2D eigenvalue weighted by atomic mass is 10.3. The van der Waals surface area contributed by atoms with Crippen LogP contribution in [0, 0.1) is 11.5 Å². The molecule has 0 radical (unpaired) electrons. The van der Waals surface area contributed by atoms with Crippen molar-refractivity contribution in [2.45, 2.75) is 0 Å². The second-order valence-electron chi connectivity index (χ2n) is 3.64. The Morgan fingerprint density at radius 3 is 2.72 bits per heavy atom. The highest BCUT2D eigenvalue weighted by molar-refractivity contribution is 5.76. The van der Waals surface area contributed by atoms with E-state index in [9.17, 15) is 0 Å². The molecule has 1 aromatic carbocycles. The molecule has 0 unspecified atom stereocenters. The van der Waals surface area contributed by atoms with Gasteiger partial charge in [-0.25, -0.2) is 5.01 Å². The van der Waals surface area contributed by atoms with Gasteiger partial charge in [0, 0.05) is 13.1 Å². The van der Waals surface area contributed by atoms with Crippen molar-refractivity contribution in [1.29, 1.82) is 5.26 Å². The lowest BCUT2D eigenvalue weighted by molar-refractivity contribution is 0.0223. The summed E-state index contributed by atoms with van der Waals surface area (Å²) < 4.78 is 10.7. The van der Waals surface area contributed by atoms with Crippen LogP contribution in [0.4, 0.5) is 0 Å². The van der Waals surface area contributed by atoms with E-state index in [1.54, 1.807) is 18.3 Å². The number of amidine groups is 1. The summed E-state index contributed by atoms with van der Waals surface area (Å²) in [6.07, 6.45) is 1.72. The molecule has 2 rings (SSSR count).